The summed E-state index contributed by atoms with van der Waals surface area (Å²) in [5.41, 5.74) is 0.183. The van der Waals surface area contributed by atoms with Crippen LogP contribution in [0.1, 0.15) is 27.9 Å². The van der Waals surface area contributed by atoms with Gasteiger partial charge in [-0.1, -0.05) is 47.5 Å². The van der Waals surface area contributed by atoms with E-state index in [1.165, 1.54) is 17.3 Å². The molecule has 1 aromatic heterocycles. The Bertz CT molecular complexity index is 1100. The maximum Gasteiger partial charge on any atom is 0.264 e. The highest BCUT2D eigenvalue weighted by Crippen LogP contribution is 2.43. The van der Waals surface area contributed by atoms with Gasteiger partial charge in [0.15, 0.2) is 11.4 Å². The fourth-order valence-electron chi connectivity index (χ4n) is 3.53. The van der Waals surface area contributed by atoms with E-state index in [1.807, 2.05) is 0 Å². The second-order valence-electron chi connectivity index (χ2n) is 6.85. The predicted molar refractivity (Wildman–Crippen MR) is 111 cm³/mol. The Morgan fingerprint density at radius 2 is 1.76 bits per heavy atom. The molecular formula is C22H16Cl2N2O3. The quantitative estimate of drug-likeness (QED) is 0.613. The number of halogens is 2. The number of fused-ring (bicyclic) bond motifs is 1. The van der Waals surface area contributed by atoms with Crippen molar-refractivity contribution < 1.29 is 14.7 Å². The zero-order valence-electron chi connectivity index (χ0n) is 15.2. The zero-order chi connectivity index (χ0) is 20.6. The molecule has 3 aromatic rings. The first-order valence-electron chi connectivity index (χ1n) is 8.91. The van der Waals surface area contributed by atoms with Gasteiger partial charge in [0.25, 0.3) is 5.91 Å². The van der Waals surface area contributed by atoms with Crippen molar-refractivity contribution in [1.29, 1.82) is 0 Å². The molecule has 1 amide bonds. The van der Waals surface area contributed by atoms with Crippen molar-refractivity contribution >= 4 is 40.6 Å². The van der Waals surface area contributed by atoms with E-state index in [2.05, 4.69) is 4.98 Å². The van der Waals surface area contributed by atoms with Crippen molar-refractivity contribution in [2.24, 2.45) is 0 Å². The second kappa shape index (κ2) is 7.59. The molecule has 2 aromatic carbocycles. The molecule has 0 bridgehead atoms. The number of aliphatic hydroxyl groups is 1. The molecule has 0 radical (unpaired) electrons. The Balaban J connectivity index is 1.68. The average molecular weight is 427 g/mol. The van der Waals surface area contributed by atoms with Crippen LogP contribution < -0.4 is 4.90 Å². The molecule has 0 aliphatic carbocycles. The Hall–Kier alpha value is -2.73. The normalized spacial score (nSPS) is 18.0. The van der Waals surface area contributed by atoms with Gasteiger partial charge in [-0.2, -0.15) is 0 Å². The largest absolute Gasteiger partial charge is 0.375 e. The van der Waals surface area contributed by atoms with Gasteiger partial charge >= 0.3 is 0 Å². The van der Waals surface area contributed by atoms with Crippen molar-refractivity contribution in [1.82, 2.24) is 4.98 Å². The zero-order valence-corrected chi connectivity index (χ0v) is 16.7. The topological polar surface area (TPSA) is 70.5 Å². The molecule has 7 heteroatoms. The van der Waals surface area contributed by atoms with Crippen LogP contribution in [0.2, 0.25) is 10.0 Å². The number of rotatable bonds is 5. The van der Waals surface area contributed by atoms with Gasteiger partial charge in [0.1, 0.15) is 0 Å². The summed E-state index contributed by atoms with van der Waals surface area (Å²) in [4.78, 5) is 31.3. The molecule has 0 saturated carbocycles. The standard InChI is InChI=1S/C22H16Cl2N2O3/c23-17-6-5-14(11-18(17)24)13-26-19-4-2-1-3-16(19)22(29,21(26)28)12-20(27)15-7-9-25-10-8-15/h1-11,29H,12-13H2. The summed E-state index contributed by atoms with van der Waals surface area (Å²) in [6, 6.07) is 15.2. The second-order valence-corrected chi connectivity index (χ2v) is 7.67. The van der Waals surface area contributed by atoms with Crippen LogP contribution in [0.4, 0.5) is 5.69 Å². The SMILES string of the molecule is O=C(CC1(O)C(=O)N(Cc2ccc(Cl)c(Cl)c2)c2ccccc21)c1ccncc1. The molecule has 1 aliphatic rings. The molecule has 1 aliphatic heterocycles. The lowest BCUT2D eigenvalue weighted by Gasteiger charge is -2.23. The summed E-state index contributed by atoms with van der Waals surface area (Å²) in [7, 11) is 0. The Kier molecular flexibility index (Phi) is 5.13. The van der Waals surface area contributed by atoms with Gasteiger partial charge in [-0.05, 0) is 35.9 Å². The summed E-state index contributed by atoms with van der Waals surface area (Å²) in [6.07, 6.45) is 2.64. The number of para-hydroxylation sites is 1. The summed E-state index contributed by atoms with van der Waals surface area (Å²) in [5.74, 6) is -0.887. The van der Waals surface area contributed by atoms with E-state index in [9.17, 15) is 14.7 Å². The molecule has 0 fully saturated rings. The number of pyridine rings is 1. The minimum Gasteiger partial charge on any atom is -0.375 e. The van der Waals surface area contributed by atoms with Crippen LogP contribution in [-0.2, 0) is 16.9 Å². The van der Waals surface area contributed by atoms with E-state index in [-0.39, 0.29) is 18.7 Å². The van der Waals surface area contributed by atoms with Gasteiger partial charge in [-0.15, -0.1) is 0 Å². The number of hydrogen-bond donors (Lipinski definition) is 1. The third kappa shape index (κ3) is 3.53. The van der Waals surface area contributed by atoms with Crippen LogP contribution in [0, 0.1) is 0 Å². The summed E-state index contributed by atoms with van der Waals surface area (Å²) >= 11 is 12.1. The maximum absolute atomic E-state index is 13.3. The van der Waals surface area contributed by atoms with E-state index in [0.717, 1.165) is 5.56 Å². The van der Waals surface area contributed by atoms with E-state index >= 15 is 0 Å². The molecule has 0 saturated heterocycles. The lowest BCUT2D eigenvalue weighted by atomic mass is 9.88. The Labute approximate surface area is 177 Å². The van der Waals surface area contributed by atoms with Gasteiger partial charge in [0.2, 0.25) is 0 Å². The highest BCUT2D eigenvalue weighted by molar-refractivity contribution is 6.42. The van der Waals surface area contributed by atoms with Crippen LogP contribution in [-0.4, -0.2) is 21.8 Å². The molecule has 1 unspecified atom stereocenters. The highest BCUT2D eigenvalue weighted by Gasteiger charge is 2.50. The first kappa shape index (κ1) is 19.6. The smallest absolute Gasteiger partial charge is 0.264 e. The van der Waals surface area contributed by atoms with E-state index in [4.69, 9.17) is 23.2 Å². The van der Waals surface area contributed by atoms with Crippen LogP contribution in [0.3, 0.4) is 0 Å². The number of hydrogen-bond acceptors (Lipinski definition) is 4. The summed E-state index contributed by atoms with van der Waals surface area (Å²) in [6.45, 7) is 0.193. The summed E-state index contributed by atoms with van der Waals surface area (Å²) in [5, 5.41) is 12.1. The molecule has 4 rings (SSSR count). The van der Waals surface area contributed by atoms with Crippen molar-refractivity contribution in [3.63, 3.8) is 0 Å². The number of ketones is 1. The molecule has 0 spiro atoms. The predicted octanol–water partition coefficient (Wildman–Crippen LogP) is 4.40. The lowest BCUT2D eigenvalue weighted by molar-refractivity contribution is -0.136. The molecule has 1 N–H and O–H groups in total. The molecule has 146 valence electrons. The molecule has 5 nitrogen and oxygen atoms in total. The van der Waals surface area contributed by atoms with Gasteiger partial charge in [-0.25, -0.2) is 0 Å². The third-order valence-electron chi connectivity index (χ3n) is 4.98. The number of aromatic nitrogens is 1. The van der Waals surface area contributed by atoms with Crippen LogP contribution in [0.25, 0.3) is 0 Å². The lowest BCUT2D eigenvalue weighted by Crippen LogP contribution is -2.41. The summed E-state index contributed by atoms with van der Waals surface area (Å²) < 4.78 is 0. The molecule has 1 atom stereocenters. The van der Waals surface area contributed by atoms with Crippen molar-refractivity contribution in [2.75, 3.05) is 4.90 Å². The van der Waals surface area contributed by atoms with Crippen LogP contribution >= 0.6 is 23.2 Å². The Morgan fingerprint density at radius 1 is 1.03 bits per heavy atom. The molecule has 2 heterocycles. The van der Waals surface area contributed by atoms with E-state index in [0.29, 0.717) is 26.9 Å². The number of anilines is 1. The van der Waals surface area contributed by atoms with Gasteiger partial charge in [0, 0.05) is 23.5 Å². The van der Waals surface area contributed by atoms with Crippen LogP contribution in [0.5, 0.6) is 0 Å². The number of nitrogens with zero attached hydrogens (tertiary/aromatic N) is 2. The van der Waals surface area contributed by atoms with E-state index < -0.39 is 11.5 Å². The average Bonchev–Trinajstić information content (AvgIpc) is 2.93. The molecular weight excluding hydrogens is 411 g/mol. The number of amides is 1. The minimum atomic E-state index is -1.94. The van der Waals surface area contributed by atoms with Crippen LogP contribution in [0.15, 0.2) is 67.0 Å². The van der Waals surface area contributed by atoms with Crippen molar-refractivity contribution in [3.05, 3.63) is 93.7 Å². The van der Waals surface area contributed by atoms with Gasteiger partial charge < -0.3 is 10.0 Å². The maximum atomic E-state index is 13.3. The number of Topliss-reactive ketones (excluding diaryl/α,β-unsaturated/α-hetero) is 1. The third-order valence-corrected chi connectivity index (χ3v) is 5.72. The fourth-order valence-corrected chi connectivity index (χ4v) is 3.85. The van der Waals surface area contributed by atoms with E-state index in [1.54, 1.807) is 54.6 Å². The fraction of sp³-hybridized carbons (Fsp3) is 0.136. The monoisotopic (exact) mass is 426 g/mol. The first-order chi connectivity index (χ1) is 13.9. The van der Waals surface area contributed by atoms with Crippen molar-refractivity contribution in [3.8, 4) is 0 Å². The number of carbonyl (C=O) groups excluding carboxylic acids is 2. The minimum absolute atomic E-state index is 0.193. The van der Waals surface area contributed by atoms with Gasteiger partial charge in [0.05, 0.1) is 28.7 Å². The Morgan fingerprint density at radius 3 is 2.48 bits per heavy atom. The first-order valence-corrected chi connectivity index (χ1v) is 9.67. The van der Waals surface area contributed by atoms with Gasteiger partial charge in [-0.3, -0.25) is 14.6 Å². The number of benzene rings is 2. The highest BCUT2D eigenvalue weighted by atomic mass is 35.5. The molecule has 29 heavy (non-hydrogen) atoms. The van der Waals surface area contributed by atoms with Crippen molar-refractivity contribution in [2.45, 2.75) is 18.6 Å². The number of carbonyl (C=O) groups is 2.